The van der Waals surface area contributed by atoms with Crippen LogP contribution < -0.4 is 4.74 Å². The van der Waals surface area contributed by atoms with Gasteiger partial charge in [-0.1, -0.05) is 49.4 Å². The van der Waals surface area contributed by atoms with Gasteiger partial charge in [-0.15, -0.1) is 0 Å². The zero-order valence-corrected chi connectivity index (χ0v) is 10.6. The lowest BCUT2D eigenvalue weighted by Crippen LogP contribution is -2.10. The monoisotopic (exact) mass is 254 g/mol. The van der Waals surface area contributed by atoms with Crippen molar-refractivity contribution in [1.82, 2.24) is 0 Å². The third-order valence-corrected chi connectivity index (χ3v) is 2.68. The molecule has 0 fully saturated rings. The molecule has 0 aliphatic carbocycles. The fourth-order valence-electron chi connectivity index (χ4n) is 1.68. The molecule has 3 nitrogen and oxygen atoms in total. The van der Waals surface area contributed by atoms with Gasteiger partial charge in [-0.05, 0) is 12.1 Å². The average Bonchev–Trinajstić information content (AvgIpc) is 2.48. The van der Waals surface area contributed by atoms with E-state index in [4.69, 9.17) is 4.74 Å². The lowest BCUT2D eigenvalue weighted by Gasteiger charge is -2.08. The second-order valence-electron chi connectivity index (χ2n) is 4.02. The lowest BCUT2D eigenvalue weighted by molar-refractivity contribution is -0.134. The predicted molar refractivity (Wildman–Crippen MR) is 72.2 cm³/mol. The third kappa shape index (κ3) is 3.07. The van der Waals surface area contributed by atoms with E-state index in [2.05, 4.69) is 0 Å². The molecule has 0 saturated carbocycles. The van der Waals surface area contributed by atoms with Gasteiger partial charge in [0.1, 0.15) is 5.75 Å². The van der Waals surface area contributed by atoms with Crippen molar-refractivity contribution in [2.75, 3.05) is 0 Å². The number of para-hydroxylation sites is 1. The Balaban J connectivity index is 2.35. The van der Waals surface area contributed by atoms with Gasteiger partial charge in [0.15, 0.2) is 5.78 Å². The molecule has 0 amide bonds. The largest absolute Gasteiger partial charge is 0.426 e. The highest BCUT2D eigenvalue weighted by Crippen LogP contribution is 2.21. The second kappa shape index (κ2) is 5.96. The molecule has 0 heterocycles. The normalized spacial score (nSPS) is 9.95. The molecule has 0 saturated heterocycles. The number of carbonyl (C=O) groups is 2. The lowest BCUT2D eigenvalue weighted by atomic mass is 10.0. The minimum atomic E-state index is -0.353. The molecule has 19 heavy (non-hydrogen) atoms. The van der Waals surface area contributed by atoms with E-state index in [9.17, 15) is 9.59 Å². The number of esters is 1. The van der Waals surface area contributed by atoms with Crippen molar-refractivity contribution >= 4 is 11.8 Å². The molecule has 2 rings (SSSR count). The van der Waals surface area contributed by atoms with Gasteiger partial charge in [-0.3, -0.25) is 9.59 Å². The number of ketones is 1. The summed E-state index contributed by atoms with van der Waals surface area (Å²) in [5.41, 5.74) is 0.970. The van der Waals surface area contributed by atoms with E-state index in [-0.39, 0.29) is 18.2 Å². The van der Waals surface area contributed by atoms with Crippen LogP contribution in [0.25, 0.3) is 0 Å². The van der Waals surface area contributed by atoms with Crippen LogP contribution in [0.3, 0.4) is 0 Å². The fourth-order valence-corrected chi connectivity index (χ4v) is 1.68. The Labute approximate surface area is 111 Å². The van der Waals surface area contributed by atoms with E-state index in [1.165, 1.54) is 0 Å². The Morgan fingerprint density at radius 2 is 1.58 bits per heavy atom. The summed E-state index contributed by atoms with van der Waals surface area (Å²) in [5, 5.41) is 0. The SMILES string of the molecule is CCC(=O)Oc1ccccc1C(=O)c1ccccc1. The standard InChI is InChI=1S/C16H14O3/c1-2-15(17)19-14-11-7-6-10-13(14)16(18)12-8-4-3-5-9-12/h3-11H,2H2,1H3. The molecule has 0 aliphatic heterocycles. The number of ether oxygens (including phenoxy) is 1. The minimum absolute atomic E-state index is 0.153. The Morgan fingerprint density at radius 3 is 2.26 bits per heavy atom. The average molecular weight is 254 g/mol. The van der Waals surface area contributed by atoms with Gasteiger partial charge >= 0.3 is 5.97 Å². The molecular formula is C16H14O3. The van der Waals surface area contributed by atoms with Crippen molar-refractivity contribution in [2.45, 2.75) is 13.3 Å². The molecule has 2 aromatic rings. The van der Waals surface area contributed by atoms with Gasteiger partial charge in [0.25, 0.3) is 0 Å². The smallest absolute Gasteiger partial charge is 0.310 e. The van der Waals surface area contributed by atoms with Crippen LogP contribution in [0.15, 0.2) is 54.6 Å². The van der Waals surface area contributed by atoms with E-state index in [1.54, 1.807) is 55.5 Å². The van der Waals surface area contributed by atoms with Crippen molar-refractivity contribution < 1.29 is 14.3 Å². The van der Waals surface area contributed by atoms with E-state index in [0.29, 0.717) is 16.9 Å². The zero-order chi connectivity index (χ0) is 13.7. The van der Waals surface area contributed by atoms with E-state index < -0.39 is 0 Å². The molecule has 0 spiro atoms. The Bertz CT molecular complexity index is 588. The van der Waals surface area contributed by atoms with Crippen molar-refractivity contribution in [3.8, 4) is 5.75 Å². The summed E-state index contributed by atoms with van der Waals surface area (Å²) < 4.78 is 5.18. The summed E-state index contributed by atoms with van der Waals surface area (Å²) in [6.45, 7) is 1.71. The van der Waals surface area contributed by atoms with Gasteiger partial charge in [0, 0.05) is 12.0 Å². The summed E-state index contributed by atoms with van der Waals surface area (Å²) in [5.74, 6) is -0.198. The summed E-state index contributed by atoms with van der Waals surface area (Å²) in [4.78, 5) is 23.7. The molecular weight excluding hydrogens is 240 g/mol. The number of hydrogen-bond acceptors (Lipinski definition) is 3. The van der Waals surface area contributed by atoms with E-state index in [0.717, 1.165) is 0 Å². The Hall–Kier alpha value is -2.42. The van der Waals surface area contributed by atoms with Crippen molar-refractivity contribution in [2.24, 2.45) is 0 Å². The highest BCUT2D eigenvalue weighted by molar-refractivity contribution is 6.10. The molecule has 0 N–H and O–H groups in total. The number of benzene rings is 2. The molecule has 2 aromatic carbocycles. The number of carbonyl (C=O) groups excluding carboxylic acids is 2. The van der Waals surface area contributed by atoms with Gasteiger partial charge in [0.2, 0.25) is 0 Å². The van der Waals surface area contributed by atoms with Crippen LogP contribution >= 0.6 is 0 Å². The van der Waals surface area contributed by atoms with E-state index >= 15 is 0 Å². The quantitative estimate of drug-likeness (QED) is 0.478. The fraction of sp³-hybridized carbons (Fsp3) is 0.125. The first-order chi connectivity index (χ1) is 9.22. The molecule has 0 aliphatic rings. The molecule has 96 valence electrons. The maximum Gasteiger partial charge on any atom is 0.310 e. The number of hydrogen-bond donors (Lipinski definition) is 0. The summed E-state index contributed by atoms with van der Waals surface area (Å²) in [7, 11) is 0. The van der Waals surface area contributed by atoms with Gasteiger partial charge in [-0.25, -0.2) is 0 Å². The maximum atomic E-state index is 12.3. The molecule has 0 aromatic heterocycles. The third-order valence-electron chi connectivity index (χ3n) is 2.68. The summed E-state index contributed by atoms with van der Waals surface area (Å²) in [6, 6.07) is 15.7. The first-order valence-corrected chi connectivity index (χ1v) is 6.12. The first-order valence-electron chi connectivity index (χ1n) is 6.12. The molecule has 3 heteroatoms. The van der Waals surface area contributed by atoms with Crippen LogP contribution in [0, 0.1) is 0 Å². The molecule has 0 atom stereocenters. The topological polar surface area (TPSA) is 43.4 Å². The van der Waals surface area contributed by atoms with Crippen molar-refractivity contribution in [3.05, 3.63) is 65.7 Å². The van der Waals surface area contributed by atoms with Crippen LogP contribution in [0.5, 0.6) is 5.75 Å². The molecule has 0 unspecified atom stereocenters. The van der Waals surface area contributed by atoms with Crippen LogP contribution in [0.1, 0.15) is 29.3 Å². The molecule has 0 bridgehead atoms. The number of rotatable bonds is 4. The van der Waals surface area contributed by atoms with Crippen LogP contribution in [-0.4, -0.2) is 11.8 Å². The van der Waals surface area contributed by atoms with E-state index in [1.807, 2.05) is 6.07 Å². The highest BCUT2D eigenvalue weighted by Gasteiger charge is 2.15. The Kier molecular flexibility index (Phi) is 4.08. The van der Waals surface area contributed by atoms with Crippen LogP contribution in [0.2, 0.25) is 0 Å². The van der Waals surface area contributed by atoms with Crippen molar-refractivity contribution in [1.29, 1.82) is 0 Å². The van der Waals surface area contributed by atoms with Gasteiger partial charge < -0.3 is 4.74 Å². The predicted octanol–water partition coefficient (Wildman–Crippen LogP) is 3.23. The van der Waals surface area contributed by atoms with Gasteiger partial charge in [0.05, 0.1) is 5.56 Å². The summed E-state index contributed by atoms with van der Waals surface area (Å²) >= 11 is 0. The van der Waals surface area contributed by atoms with Crippen LogP contribution in [0.4, 0.5) is 0 Å². The minimum Gasteiger partial charge on any atom is -0.426 e. The zero-order valence-electron chi connectivity index (χ0n) is 10.6. The maximum absolute atomic E-state index is 12.3. The van der Waals surface area contributed by atoms with Gasteiger partial charge in [-0.2, -0.15) is 0 Å². The summed E-state index contributed by atoms with van der Waals surface area (Å²) in [6.07, 6.45) is 0.272. The highest BCUT2D eigenvalue weighted by atomic mass is 16.5. The van der Waals surface area contributed by atoms with Crippen molar-refractivity contribution in [3.63, 3.8) is 0 Å². The first kappa shape index (κ1) is 13.0. The Morgan fingerprint density at radius 1 is 0.947 bits per heavy atom. The second-order valence-corrected chi connectivity index (χ2v) is 4.02. The molecule has 0 radical (unpaired) electrons. The van der Waals surface area contributed by atoms with Crippen LogP contribution in [-0.2, 0) is 4.79 Å².